The van der Waals surface area contributed by atoms with Gasteiger partial charge in [0.05, 0.1) is 12.5 Å². The number of aromatic hydroxyl groups is 1. The third-order valence-electron chi connectivity index (χ3n) is 4.93. The van der Waals surface area contributed by atoms with E-state index in [2.05, 4.69) is 10.6 Å². The van der Waals surface area contributed by atoms with Gasteiger partial charge in [-0.15, -0.1) is 0 Å². The Kier molecular flexibility index (Phi) is 6.58. The Bertz CT molecular complexity index is 1240. The van der Waals surface area contributed by atoms with Crippen molar-refractivity contribution in [3.05, 3.63) is 82.0 Å². The van der Waals surface area contributed by atoms with Crippen LogP contribution in [0.15, 0.2) is 59.5 Å². The van der Waals surface area contributed by atoms with Gasteiger partial charge in [-0.3, -0.25) is 9.59 Å². The number of carbonyl (C=O) groups excluding carboxylic acids is 1. The lowest BCUT2D eigenvalue weighted by molar-refractivity contribution is -0.137. The van der Waals surface area contributed by atoms with Crippen LogP contribution in [0.4, 0.5) is 14.9 Å². The second-order valence-electron chi connectivity index (χ2n) is 7.31. The molecule has 32 heavy (non-hydrogen) atoms. The number of hydrogen-bond acceptors (Lipinski definition) is 4. The van der Waals surface area contributed by atoms with Gasteiger partial charge in [-0.1, -0.05) is 36.4 Å². The van der Waals surface area contributed by atoms with E-state index in [1.165, 1.54) is 23.9 Å². The summed E-state index contributed by atoms with van der Waals surface area (Å²) in [7, 11) is 1.47. The molecule has 166 valence electrons. The smallest absolute Gasteiger partial charge is 0.319 e. The molecule has 0 fully saturated rings. The van der Waals surface area contributed by atoms with Crippen molar-refractivity contribution in [2.45, 2.75) is 19.4 Å². The zero-order valence-corrected chi connectivity index (χ0v) is 17.4. The normalized spacial score (nSPS) is 11.6. The number of aromatic nitrogens is 1. The lowest BCUT2D eigenvalue weighted by Crippen LogP contribution is -2.36. The molecule has 1 atom stereocenters. The van der Waals surface area contributed by atoms with Crippen LogP contribution in [0, 0.1) is 12.7 Å². The third kappa shape index (κ3) is 4.94. The Morgan fingerprint density at radius 3 is 2.56 bits per heavy atom. The number of carboxylic acid groups (broad SMARTS) is 1. The summed E-state index contributed by atoms with van der Waals surface area (Å²) in [6.45, 7) is 1.57. The van der Waals surface area contributed by atoms with Crippen molar-refractivity contribution in [3.8, 4) is 16.9 Å². The first-order chi connectivity index (χ1) is 15.2. The molecule has 0 saturated heterocycles. The summed E-state index contributed by atoms with van der Waals surface area (Å²) >= 11 is 0. The minimum Gasteiger partial charge on any atom is -0.505 e. The second kappa shape index (κ2) is 9.34. The van der Waals surface area contributed by atoms with Crippen molar-refractivity contribution in [1.29, 1.82) is 0 Å². The van der Waals surface area contributed by atoms with Crippen molar-refractivity contribution >= 4 is 17.7 Å². The molecule has 0 aliphatic carbocycles. The molecule has 2 amide bonds. The van der Waals surface area contributed by atoms with Gasteiger partial charge < -0.3 is 25.4 Å². The summed E-state index contributed by atoms with van der Waals surface area (Å²) in [4.78, 5) is 36.3. The van der Waals surface area contributed by atoms with E-state index in [4.69, 9.17) is 0 Å². The van der Waals surface area contributed by atoms with Gasteiger partial charge in [-0.05, 0) is 30.2 Å². The van der Waals surface area contributed by atoms with E-state index >= 15 is 0 Å². The van der Waals surface area contributed by atoms with E-state index in [0.29, 0.717) is 22.3 Å². The summed E-state index contributed by atoms with van der Waals surface area (Å²) in [6.07, 6.45) is 0.966. The van der Waals surface area contributed by atoms with Gasteiger partial charge in [0.25, 0.3) is 5.56 Å². The maximum atomic E-state index is 14.2. The highest BCUT2D eigenvalue weighted by atomic mass is 19.1. The van der Waals surface area contributed by atoms with Crippen molar-refractivity contribution in [3.63, 3.8) is 0 Å². The van der Waals surface area contributed by atoms with E-state index in [1.54, 1.807) is 49.4 Å². The second-order valence-corrected chi connectivity index (χ2v) is 7.31. The van der Waals surface area contributed by atoms with Gasteiger partial charge in [0, 0.05) is 24.4 Å². The number of rotatable bonds is 6. The molecule has 1 heterocycles. The van der Waals surface area contributed by atoms with Crippen molar-refractivity contribution in [2.75, 3.05) is 5.32 Å². The highest BCUT2D eigenvalue weighted by Crippen LogP contribution is 2.27. The predicted octanol–water partition coefficient (Wildman–Crippen LogP) is 3.54. The number of carbonyl (C=O) groups is 2. The predicted molar refractivity (Wildman–Crippen MR) is 117 cm³/mol. The van der Waals surface area contributed by atoms with Crippen molar-refractivity contribution in [1.82, 2.24) is 9.88 Å². The zero-order valence-electron chi connectivity index (χ0n) is 17.4. The molecule has 0 spiro atoms. The number of nitrogens with zero attached hydrogens (tertiary/aromatic N) is 1. The van der Waals surface area contributed by atoms with Crippen LogP contribution >= 0.6 is 0 Å². The number of pyridine rings is 1. The fourth-order valence-corrected chi connectivity index (χ4v) is 3.35. The molecule has 2 aromatic carbocycles. The Morgan fingerprint density at radius 1 is 1.16 bits per heavy atom. The van der Waals surface area contributed by atoms with Gasteiger partial charge in [-0.2, -0.15) is 0 Å². The van der Waals surface area contributed by atoms with Crippen molar-refractivity contribution < 1.29 is 24.2 Å². The van der Waals surface area contributed by atoms with Crippen LogP contribution < -0.4 is 16.2 Å². The first-order valence-electron chi connectivity index (χ1n) is 9.70. The number of carboxylic acids is 1. The van der Waals surface area contributed by atoms with Crippen LogP contribution in [0.2, 0.25) is 0 Å². The monoisotopic (exact) mass is 439 g/mol. The van der Waals surface area contributed by atoms with E-state index < -0.39 is 35.8 Å². The van der Waals surface area contributed by atoms with Gasteiger partial charge >= 0.3 is 12.0 Å². The summed E-state index contributed by atoms with van der Waals surface area (Å²) in [5.41, 5.74) is 0.718. The van der Waals surface area contributed by atoms with Gasteiger partial charge in [0.2, 0.25) is 0 Å². The van der Waals surface area contributed by atoms with Gasteiger partial charge in [0.15, 0.2) is 5.69 Å². The SMILES string of the molecule is Cc1cn(C)c(=O)c(NC(=O)NC(CC(=O)O)c2cccc(-c3ccccc3F)c2)c1O. The molecular formula is C23H22FN3O5. The molecule has 0 saturated carbocycles. The number of urea groups is 1. The van der Waals surface area contributed by atoms with Crippen LogP contribution in [0.1, 0.15) is 23.6 Å². The number of halogens is 1. The van der Waals surface area contributed by atoms with Gasteiger partial charge in [-0.25, -0.2) is 9.18 Å². The Balaban J connectivity index is 1.90. The molecular weight excluding hydrogens is 417 g/mol. The van der Waals surface area contributed by atoms with Crippen LogP contribution in [0.5, 0.6) is 5.75 Å². The largest absolute Gasteiger partial charge is 0.505 e. The minimum absolute atomic E-state index is 0.320. The minimum atomic E-state index is -1.17. The number of aliphatic carboxylic acids is 1. The van der Waals surface area contributed by atoms with Crippen LogP contribution in [0.25, 0.3) is 11.1 Å². The Hall–Kier alpha value is -4.14. The number of amides is 2. The number of hydrogen-bond donors (Lipinski definition) is 4. The summed E-state index contributed by atoms with van der Waals surface area (Å²) in [6, 6.07) is 10.8. The molecule has 1 aromatic heterocycles. The molecule has 9 heteroatoms. The van der Waals surface area contributed by atoms with Crippen molar-refractivity contribution in [2.24, 2.45) is 7.05 Å². The summed E-state index contributed by atoms with van der Waals surface area (Å²) in [5, 5.41) is 24.3. The fraction of sp³-hybridized carbons (Fsp3) is 0.174. The highest BCUT2D eigenvalue weighted by Gasteiger charge is 2.21. The molecule has 0 radical (unpaired) electrons. The maximum absolute atomic E-state index is 14.2. The molecule has 3 rings (SSSR count). The number of nitrogens with one attached hydrogen (secondary N) is 2. The topological polar surface area (TPSA) is 121 Å². The fourth-order valence-electron chi connectivity index (χ4n) is 3.35. The standard InChI is InChI=1S/C23H22FN3O5/c1-13-12-27(2)22(31)20(21(13)30)26-23(32)25-18(11-19(28)29)15-7-5-6-14(10-15)16-8-3-4-9-17(16)24/h3-10,12,18,30H,11H2,1-2H3,(H,28,29)(H2,25,26,32). The van der Waals surface area contributed by atoms with E-state index in [0.717, 1.165) is 0 Å². The third-order valence-corrected chi connectivity index (χ3v) is 4.93. The van der Waals surface area contributed by atoms with E-state index in [9.17, 15) is 29.0 Å². The lowest BCUT2D eigenvalue weighted by atomic mass is 9.97. The molecule has 8 nitrogen and oxygen atoms in total. The quantitative estimate of drug-likeness (QED) is 0.468. The Morgan fingerprint density at radius 2 is 1.88 bits per heavy atom. The van der Waals surface area contributed by atoms with E-state index in [-0.39, 0.29) is 11.4 Å². The zero-order chi connectivity index (χ0) is 23.4. The molecule has 0 bridgehead atoms. The molecule has 3 aromatic rings. The summed E-state index contributed by atoms with van der Waals surface area (Å²) in [5.74, 6) is -1.98. The maximum Gasteiger partial charge on any atom is 0.319 e. The average molecular weight is 439 g/mol. The molecule has 0 aliphatic rings. The lowest BCUT2D eigenvalue weighted by Gasteiger charge is -2.19. The first kappa shape index (κ1) is 22.5. The molecule has 4 N–H and O–H groups in total. The number of aryl methyl sites for hydroxylation is 2. The summed E-state index contributed by atoms with van der Waals surface area (Å²) < 4.78 is 15.4. The number of anilines is 1. The number of benzene rings is 2. The average Bonchev–Trinajstić information content (AvgIpc) is 2.75. The molecule has 1 unspecified atom stereocenters. The van der Waals surface area contributed by atoms with E-state index in [1.807, 2.05) is 0 Å². The van der Waals surface area contributed by atoms with Crippen LogP contribution in [-0.2, 0) is 11.8 Å². The van der Waals surface area contributed by atoms with Crippen LogP contribution in [0.3, 0.4) is 0 Å². The van der Waals surface area contributed by atoms with Gasteiger partial charge in [0.1, 0.15) is 11.6 Å². The Labute approximate surface area is 183 Å². The first-order valence-corrected chi connectivity index (χ1v) is 9.70. The molecule has 0 aliphatic heterocycles. The van der Waals surface area contributed by atoms with Crippen LogP contribution in [-0.4, -0.2) is 26.8 Å². The highest BCUT2D eigenvalue weighted by molar-refractivity contribution is 5.91.